The maximum Gasteiger partial charge on any atom is 0.416 e. The molecule has 1 fully saturated rings. The number of alkyl halides is 3. The Morgan fingerprint density at radius 3 is 2.52 bits per heavy atom. The molecule has 0 aromatic heterocycles. The molecule has 4 rings (SSSR count). The predicted molar refractivity (Wildman–Crippen MR) is 158 cm³/mol. The van der Waals surface area contributed by atoms with E-state index in [2.05, 4.69) is 16.2 Å². The zero-order valence-corrected chi connectivity index (χ0v) is 25.5. The Bertz CT molecular complexity index is 1410. The van der Waals surface area contributed by atoms with Crippen molar-refractivity contribution in [2.24, 2.45) is 11.7 Å². The van der Waals surface area contributed by atoms with Crippen LogP contribution in [0.3, 0.4) is 0 Å². The summed E-state index contributed by atoms with van der Waals surface area (Å²) in [6.45, 7) is 2.58. The number of hydrogen-bond donors (Lipinski definition) is 5. The van der Waals surface area contributed by atoms with Crippen LogP contribution in [0.1, 0.15) is 36.5 Å². The summed E-state index contributed by atoms with van der Waals surface area (Å²) in [5, 5.41) is 17.6. The fraction of sp³-hybridized carbons (Fsp3) is 0.484. The number of likely N-dealkylation sites (N-methyl/N-ethyl adjacent to an activating group) is 1. The van der Waals surface area contributed by atoms with Crippen LogP contribution in [-0.2, 0) is 33.5 Å². The maximum absolute atomic E-state index is 14.2. The zero-order valence-electron chi connectivity index (χ0n) is 25.5. The summed E-state index contributed by atoms with van der Waals surface area (Å²) in [5.74, 6) is -4.47. The minimum Gasteiger partial charge on any atom is -0.391 e. The number of carbonyl (C=O) groups is 2. The van der Waals surface area contributed by atoms with Crippen molar-refractivity contribution in [3.63, 3.8) is 0 Å². The van der Waals surface area contributed by atoms with Crippen molar-refractivity contribution in [3.8, 4) is 0 Å². The van der Waals surface area contributed by atoms with Gasteiger partial charge in [-0.1, -0.05) is 18.2 Å². The van der Waals surface area contributed by atoms with E-state index in [4.69, 9.17) is 10.5 Å². The van der Waals surface area contributed by atoms with Crippen LogP contribution >= 0.6 is 0 Å². The molecule has 2 aliphatic rings. The average Bonchev–Trinajstić information content (AvgIpc) is 3.60. The van der Waals surface area contributed by atoms with Gasteiger partial charge < -0.3 is 25.9 Å². The molecule has 2 aliphatic heterocycles. The number of halogens is 5. The second-order valence-corrected chi connectivity index (χ2v) is 11.5. The molecule has 15 heteroatoms. The Morgan fingerprint density at radius 2 is 1.89 bits per heavy atom. The second kappa shape index (κ2) is 14.9. The van der Waals surface area contributed by atoms with E-state index in [0.29, 0.717) is 24.8 Å². The third-order valence-electron chi connectivity index (χ3n) is 8.28. The molecule has 0 radical (unpaired) electrons. The lowest BCUT2D eigenvalue weighted by atomic mass is 9.76. The van der Waals surface area contributed by atoms with E-state index in [1.807, 2.05) is 0 Å². The van der Waals surface area contributed by atoms with E-state index in [1.54, 1.807) is 19.0 Å². The number of benzene rings is 2. The molecule has 2 aromatic rings. The van der Waals surface area contributed by atoms with Gasteiger partial charge >= 0.3 is 6.18 Å². The normalized spacial score (nSPS) is 21.7. The summed E-state index contributed by atoms with van der Waals surface area (Å²) in [4.78, 5) is 26.8. The van der Waals surface area contributed by atoms with Crippen LogP contribution < -0.4 is 21.9 Å². The molecule has 6 N–H and O–H groups in total. The van der Waals surface area contributed by atoms with Gasteiger partial charge in [-0.05, 0) is 61.6 Å². The van der Waals surface area contributed by atoms with Gasteiger partial charge in [0, 0.05) is 45.3 Å². The van der Waals surface area contributed by atoms with E-state index < -0.39 is 52.7 Å². The molecule has 0 saturated carbocycles. The fourth-order valence-electron chi connectivity index (χ4n) is 6.03. The van der Waals surface area contributed by atoms with Gasteiger partial charge in [-0.2, -0.15) is 13.2 Å². The molecule has 1 saturated heterocycles. The lowest BCUT2D eigenvalue weighted by molar-refractivity contribution is -0.137. The third-order valence-corrected chi connectivity index (χ3v) is 8.28. The SMILES string of the molecule is CCN1NC(C(N)=O)([C@H](Cc2cc(F)cc(F)c2)[C@@H](O)CNCc2cccc(C(F)(F)F)c2)C=C1C(=O)NN1CCCC1COC. The molecule has 0 aliphatic carbocycles. The highest BCUT2D eigenvalue weighted by molar-refractivity contribution is 5.97. The first kappa shape index (κ1) is 35.2. The summed E-state index contributed by atoms with van der Waals surface area (Å²) in [6, 6.07) is 7.39. The van der Waals surface area contributed by atoms with Gasteiger partial charge in [0.15, 0.2) is 0 Å². The second-order valence-electron chi connectivity index (χ2n) is 11.5. The molecule has 0 bridgehead atoms. The lowest BCUT2D eigenvalue weighted by Crippen LogP contribution is -2.63. The van der Waals surface area contributed by atoms with Crippen molar-refractivity contribution < 1.29 is 41.4 Å². The summed E-state index contributed by atoms with van der Waals surface area (Å²) >= 11 is 0. The number of hydrazine groups is 2. The Kier molecular flexibility index (Phi) is 11.4. The standard InChI is InChI=1S/C31H39F5N6O4/c1-3-41-26(28(44)39-42-9-5-8-24(42)18-46-2)15-30(40-41,29(37)45)25(13-20-11-22(32)14-23(33)12-20)27(43)17-38-16-19-6-4-7-21(10-19)31(34,35)36/h4,6-7,10-12,14-15,24-25,27,38,40,43H,3,5,8-9,13,16-18H2,1-2H3,(H2,37,45)(H,39,44)/t24?,25-,27+,30?/m1/s1. The molecular weight excluding hydrogens is 615 g/mol. The number of hydrogen-bond acceptors (Lipinski definition) is 8. The first-order chi connectivity index (χ1) is 21.8. The number of ether oxygens (including phenoxy) is 1. The van der Waals surface area contributed by atoms with Crippen molar-refractivity contribution in [1.82, 2.24) is 26.2 Å². The largest absolute Gasteiger partial charge is 0.416 e. The first-order valence-electron chi connectivity index (χ1n) is 14.9. The summed E-state index contributed by atoms with van der Waals surface area (Å²) in [7, 11) is 1.56. The number of amides is 2. The third kappa shape index (κ3) is 8.20. The van der Waals surface area contributed by atoms with E-state index >= 15 is 0 Å². The molecule has 10 nitrogen and oxygen atoms in total. The summed E-state index contributed by atoms with van der Waals surface area (Å²) in [6.07, 6.45) is -3.29. The number of nitrogens with one attached hydrogen (secondary N) is 3. The van der Waals surface area contributed by atoms with E-state index in [-0.39, 0.29) is 43.4 Å². The monoisotopic (exact) mass is 654 g/mol. The van der Waals surface area contributed by atoms with Crippen LogP contribution in [0.2, 0.25) is 0 Å². The molecule has 0 spiro atoms. The van der Waals surface area contributed by atoms with Gasteiger partial charge in [0.05, 0.1) is 24.3 Å². The molecular formula is C31H39F5N6O4. The molecule has 2 amide bonds. The number of nitrogens with two attached hydrogens (primary N) is 1. The number of rotatable bonds is 14. The van der Waals surface area contributed by atoms with Crippen LogP contribution in [0.15, 0.2) is 54.2 Å². The smallest absolute Gasteiger partial charge is 0.391 e. The van der Waals surface area contributed by atoms with E-state index in [9.17, 15) is 36.6 Å². The van der Waals surface area contributed by atoms with Crippen LogP contribution in [0.25, 0.3) is 0 Å². The summed E-state index contributed by atoms with van der Waals surface area (Å²) < 4.78 is 73.2. The van der Waals surface area contributed by atoms with Gasteiger partial charge in [-0.25, -0.2) is 19.2 Å². The van der Waals surface area contributed by atoms with E-state index in [1.165, 1.54) is 23.2 Å². The molecule has 2 heterocycles. The van der Waals surface area contributed by atoms with Gasteiger partial charge in [0.1, 0.15) is 22.9 Å². The average molecular weight is 655 g/mol. The number of aliphatic hydroxyl groups excluding tert-OH is 1. The van der Waals surface area contributed by atoms with Gasteiger partial charge in [-0.15, -0.1) is 0 Å². The topological polar surface area (TPSA) is 132 Å². The highest BCUT2D eigenvalue weighted by Crippen LogP contribution is 2.34. The highest BCUT2D eigenvalue weighted by atomic mass is 19.4. The zero-order chi connectivity index (χ0) is 33.6. The van der Waals surface area contributed by atoms with Crippen molar-refractivity contribution in [2.45, 2.75) is 56.6 Å². The number of primary amides is 1. The minimum atomic E-state index is -4.54. The number of aliphatic hydroxyl groups is 1. The van der Waals surface area contributed by atoms with Gasteiger partial charge in [-0.3, -0.25) is 15.0 Å². The number of nitrogens with zero attached hydrogens (tertiary/aromatic N) is 2. The Balaban J connectivity index is 1.63. The predicted octanol–water partition coefficient (Wildman–Crippen LogP) is 2.38. The Morgan fingerprint density at radius 1 is 1.17 bits per heavy atom. The van der Waals surface area contributed by atoms with Gasteiger partial charge in [0.2, 0.25) is 5.91 Å². The molecule has 2 unspecified atom stereocenters. The first-order valence-corrected chi connectivity index (χ1v) is 14.9. The lowest BCUT2D eigenvalue weighted by Gasteiger charge is -2.38. The summed E-state index contributed by atoms with van der Waals surface area (Å²) in [5.41, 5.74) is 9.48. The molecule has 46 heavy (non-hydrogen) atoms. The van der Waals surface area contributed by atoms with E-state index in [0.717, 1.165) is 37.1 Å². The highest BCUT2D eigenvalue weighted by Gasteiger charge is 2.52. The van der Waals surface area contributed by atoms with Gasteiger partial charge in [0.25, 0.3) is 5.91 Å². The Hall–Kier alpha value is -3.63. The van der Waals surface area contributed by atoms with Crippen LogP contribution in [-0.4, -0.2) is 78.0 Å². The van der Waals surface area contributed by atoms with Crippen molar-refractivity contribution in [3.05, 3.63) is 82.6 Å². The molecule has 252 valence electrons. The number of methoxy groups -OCH3 is 1. The number of carbonyl (C=O) groups excluding carboxylic acids is 2. The Labute approximate surface area is 263 Å². The van der Waals surface area contributed by atoms with Crippen LogP contribution in [0.4, 0.5) is 22.0 Å². The van der Waals surface area contributed by atoms with Crippen LogP contribution in [0, 0.1) is 17.6 Å². The van der Waals surface area contributed by atoms with Crippen LogP contribution in [0.5, 0.6) is 0 Å². The van der Waals surface area contributed by atoms with Crippen molar-refractivity contribution in [1.29, 1.82) is 0 Å². The quantitative estimate of drug-likeness (QED) is 0.196. The fourth-order valence-corrected chi connectivity index (χ4v) is 6.03. The van der Waals surface area contributed by atoms with Crippen molar-refractivity contribution in [2.75, 3.05) is 33.4 Å². The maximum atomic E-state index is 14.2. The molecule has 2 aromatic carbocycles. The van der Waals surface area contributed by atoms with Crippen molar-refractivity contribution >= 4 is 11.8 Å². The minimum absolute atomic E-state index is 0.0453. The molecule has 4 atom stereocenters.